The van der Waals surface area contributed by atoms with Gasteiger partial charge in [0.25, 0.3) is 0 Å². The lowest BCUT2D eigenvalue weighted by molar-refractivity contribution is -0.271. The summed E-state index contributed by atoms with van der Waals surface area (Å²) in [5.74, 6) is 8.51. The number of aliphatic hydroxyl groups excluding tert-OH is 3. The molecule has 0 aromatic rings. The zero-order valence-corrected chi connectivity index (χ0v) is 69.0. The lowest BCUT2D eigenvalue weighted by Gasteiger charge is -2.59. The van der Waals surface area contributed by atoms with Crippen molar-refractivity contribution in [1.29, 1.82) is 0 Å². The number of hydrogen-bond donors (Lipinski definition) is 6. The van der Waals surface area contributed by atoms with E-state index in [9.17, 15) is 74.0 Å². The zero-order chi connectivity index (χ0) is 78.7. The van der Waals surface area contributed by atoms with Gasteiger partial charge in [0, 0.05) is 37.7 Å². The van der Waals surface area contributed by atoms with E-state index < -0.39 is 35.3 Å². The van der Waals surface area contributed by atoms with Crippen LogP contribution in [0.15, 0.2) is 34.9 Å². The van der Waals surface area contributed by atoms with E-state index >= 15 is 0 Å². The Morgan fingerprint density at radius 3 is 0.776 bits per heavy atom. The maximum atomic E-state index is 13.6. The minimum Gasteiger partial charge on any atom is -0.393 e. The highest BCUT2D eigenvalue weighted by Crippen LogP contribution is 2.73. The summed E-state index contributed by atoms with van der Waals surface area (Å²) in [6.45, 7) is 40.1. The molecular formula is C90H152F10O6S. The standard InChI is InChI=1S/3C29H47F3O2.CH3FS.2CH4/c3*1-18(7-12-24(33)25(2,3)4)21-10-11-22-20-9-8-19-17-28(34,29(30,31)32)16-15-26(19,5)23(20)13-14-27(21,22)6;1-3-2;;/h3*8,18,20-24,33-34H,7,9-17H2,1-6H3;1H3;2*1H4/t18-,20+,21-,22+,23+,24?,26+,27-,28+;2*18-,20+,21-,22+,23+,24+,26+,27-,28+;;;/m111.../s1. The van der Waals surface area contributed by atoms with Crippen LogP contribution in [0.1, 0.15) is 332 Å². The third-order valence-electron chi connectivity index (χ3n) is 34.0. The molecule has 0 saturated heterocycles. The van der Waals surface area contributed by atoms with Crippen LogP contribution in [0, 0.1) is 138 Å². The van der Waals surface area contributed by atoms with Crippen molar-refractivity contribution in [2.45, 2.75) is 386 Å². The number of hydrogen-bond acceptors (Lipinski definition) is 7. The van der Waals surface area contributed by atoms with Gasteiger partial charge in [0.05, 0.1) is 18.3 Å². The molecule has 0 radical (unpaired) electrons. The van der Waals surface area contributed by atoms with Gasteiger partial charge in [-0.25, -0.2) is 0 Å². The van der Waals surface area contributed by atoms with Gasteiger partial charge < -0.3 is 30.6 Å². The van der Waals surface area contributed by atoms with Gasteiger partial charge in [-0.15, -0.1) is 0 Å². The molecule has 12 aliphatic carbocycles. The molecule has 0 aromatic heterocycles. The quantitative estimate of drug-likeness (QED) is 0.0850. The smallest absolute Gasteiger partial charge is 0.393 e. The lowest BCUT2D eigenvalue weighted by atomic mass is 9.46. The molecule has 27 atom stereocenters. The molecule has 107 heavy (non-hydrogen) atoms. The summed E-state index contributed by atoms with van der Waals surface area (Å²) >= 11 is 0.250. The predicted octanol–water partition coefficient (Wildman–Crippen LogP) is 25.6. The summed E-state index contributed by atoms with van der Waals surface area (Å²) in [5, 5.41) is 62.9. The van der Waals surface area contributed by atoms with Gasteiger partial charge in [0.1, 0.15) is 0 Å². The highest BCUT2D eigenvalue weighted by atomic mass is 32.2. The molecule has 9 fully saturated rings. The Labute approximate surface area is 647 Å². The largest absolute Gasteiger partial charge is 0.417 e. The van der Waals surface area contributed by atoms with E-state index in [0.29, 0.717) is 108 Å². The van der Waals surface area contributed by atoms with Gasteiger partial charge >= 0.3 is 18.5 Å². The predicted molar refractivity (Wildman–Crippen MR) is 418 cm³/mol. The van der Waals surface area contributed by atoms with Crippen molar-refractivity contribution in [1.82, 2.24) is 0 Å². The number of rotatable bonds is 12. The van der Waals surface area contributed by atoms with Gasteiger partial charge in [-0.3, -0.25) is 0 Å². The van der Waals surface area contributed by atoms with Crippen molar-refractivity contribution in [3.05, 3.63) is 34.9 Å². The Morgan fingerprint density at radius 2 is 0.579 bits per heavy atom. The molecule has 12 aliphatic rings. The van der Waals surface area contributed by atoms with Crippen molar-refractivity contribution in [2.75, 3.05) is 6.26 Å². The highest BCUT2D eigenvalue weighted by Gasteiger charge is 2.68. The van der Waals surface area contributed by atoms with Gasteiger partial charge in [0.2, 0.25) is 0 Å². The molecule has 0 amide bonds. The average molecular weight is 1550 g/mol. The first kappa shape index (κ1) is 92.8. The van der Waals surface area contributed by atoms with Crippen LogP contribution in [-0.2, 0) is 0 Å². The number of fused-ring (bicyclic) bond motifs is 15. The van der Waals surface area contributed by atoms with Crippen LogP contribution in [0.5, 0.6) is 0 Å². The fraction of sp³-hybridized carbons (Fsp3) is 0.933. The van der Waals surface area contributed by atoms with E-state index in [1.54, 1.807) is 0 Å². The molecule has 17 heteroatoms. The van der Waals surface area contributed by atoms with Crippen LogP contribution in [0.2, 0.25) is 0 Å². The molecule has 0 spiro atoms. The summed E-state index contributed by atoms with van der Waals surface area (Å²) in [7, 11) is 0. The Bertz CT molecular complexity index is 2740. The third-order valence-corrected chi connectivity index (χ3v) is 34.0. The molecular weight excluding hydrogens is 1400 g/mol. The molecule has 0 aliphatic heterocycles. The monoisotopic (exact) mass is 1550 g/mol. The lowest BCUT2D eigenvalue weighted by Crippen LogP contribution is -2.55. The maximum absolute atomic E-state index is 13.6. The van der Waals surface area contributed by atoms with Crippen LogP contribution in [-0.4, -0.2) is 90.5 Å². The topological polar surface area (TPSA) is 121 Å². The summed E-state index contributed by atoms with van der Waals surface area (Å²) in [5.41, 5.74) is -5.08. The van der Waals surface area contributed by atoms with Crippen LogP contribution < -0.4 is 0 Å². The summed E-state index contributed by atoms with van der Waals surface area (Å²) in [6, 6.07) is 0. The second-order valence-electron chi connectivity index (χ2n) is 42.5. The molecule has 1 unspecified atom stereocenters. The van der Waals surface area contributed by atoms with Gasteiger partial charge in [-0.2, -0.15) is 43.4 Å². The fourth-order valence-electron chi connectivity index (χ4n) is 26.8. The van der Waals surface area contributed by atoms with Crippen molar-refractivity contribution < 1.29 is 74.0 Å². The van der Waals surface area contributed by atoms with Crippen molar-refractivity contribution in [3.63, 3.8) is 0 Å². The van der Waals surface area contributed by atoms with E-state index in [1.165, 1.54) is 44.8 Å². The van der Waals surface area contributed by atoms with E-state index in [4.69, 9.17) is 0 Å². The Kier molecular flexibility index (Phi) is 28.3. The third kappa shape index (κ3) is 17.5. The minimum atomic E-state index is -4.56. The van der Waals surface area contributed by atoms with E-state index in [0.717, 1.165) is 113 Å². The first-order valence-corrected chi connectivity index (χ1v) is 42.8. The van der Waals surface area contributed by atoms with E-state index in [-0.39, 0.29) is 133 Å². The normalized spacial score (nSPS) is 42.6. The Morgan fingerprint density at radius 1 is 0.364 bits per heavy atom. The SMILES string of the molecule is C.C.CSF.C[C@H](CCC(O)C(C)(C)C)[C@H]1CC[C@H]2[C@@H]3CC=C4C[C@](O)(C(F)(F)F)CC[C@]4(C)[C@H]3CC[C@]12C.C[C@H](CC[C@H](O)C(C)(C)C)[C@H]1CC[C@H]2[C@@H]3CC=C4C[C@](O)(C(F)(F)F)CC[C@]4(C)[C@H]3CC[C@]12C.C[C@H](CC[C@H](O)C(C)(C)C)[C@H]1CC[C@H]2[C@@H]3CC=C4C[C@](O)(C(F)(F)F)CC[C@]4(C)[C@H]3CC[C@]12C. The molecule has 0 aromatic carbocycles. The first-order valence-electron chi connectivity index (χ1n) is 41.6. The van der Waals surface area contributed by atoms with E-state index in [2.05, 4.69) is 143 Å². The zero-order valence-electron chi connectivity index (χ0n) is 68.2. The molecule has 0 bridgehead atoms. The average Bonchev–Trinajstić information content (AvgIpc) is 1.71. The summed E-state index contributed by atoms with van der Waals surface area (Å²) in [6.07, 6.45) is 15.6. The van der Waals surface area contributed by atoms with Crippen molar-refractivity contribution >= 4 is 12.1 Å². The number of halogens is 10. The van der Waals surface area contributed by atoms with Crippen LogP contribution in [0.25, 0.3) is 0 Å². The number of alkyl halides is 9. The van der Waals surface area contributed by atoms with Gasteiger partial charge in [0.15, 0.2) is 16.8 Å². The Balaban J connectivity index is 0.000000217. The fourth-order valence-corrected chi connectivity index (χ4v) is 26.8. The molecule has 6 N–H and O–H groups in total. The second-order valence-corrected chi connectivity index (χ2v) is 42.9. The highest BCUT2D eigenvalue weighted by molar-refractivity contribution is 7.93. The van der Waals surface area contributed by atoms with Gasteiger partial charge in [-0.05, 0) is 311 Å². The second kappa shape index (κ2) is 32.6. The molecule has 12 rings (SSSR count). The van der Waals surface area contributed by atoms with Crippen LogP contribution in [0.3, 0.4) is 0 Å². The summed E-state index contributed by atoms with van der Waals surface area (Å²) < 4.78 is 132. The number of aliphatic hydroxyl groups is 6. The minimum absolute atomic E-state index is 0. The first-order chi connectivity index (χ1) is 48.0. The summed E-state index contributed by atoms with van der Waals surface area (Å²) in [4.78, 5) is 0. The molecule has 9 saturated carbocycles. The molecule has 6 nitrogen and oxygen atoms in total. The van der Waals surface area contributed by atoms with Crippen LogP contribution in [0.4, 0.5) is 43.4 Å². The van der Waals surface area contributed by atoms with Crippen LogP contribution >= 0.6 is 12.1 Å². The van der Waals surface area contributed by atoms with Crippen molar-refractivity contribution in [3.8, 4) is 0 Å². The molecule has 0 heterocycles. The van der Waals surface area contributed by atoms with Crippen molar-refractivity contribution in [2.24, 2.45) is 138 Å². The van der Waals surface area contributed by atoms with E-state index in [1.807, 2.05) is 0 Å². The van der Waals surface area contributed by atoms with Gasteiger partial charge in [-0.1, -0.05) is 174 Å². The molecule has 624 valence electrons. The Hall–Kier alpha value is -1.37. The maximum Gasteiger partial charge on any atom is 0.417 e. The number of allylic oxidation sites excluding steroid dienone is 3.